The molecule has 1 aliphatic carbocycles. The highest BCUT2D eigenvalue weighted by Gasteiger charge is 2.05. The van der Waals surface area contributed by atoms with Gasteiger partial charge in [0.1, 0.15) is 5.78 Å². The van der Waals surface area contributed by atoms with Gasteiger partial charge < -0.3 is 0 Å². The van der Waals surface area contributed by atoms with Crippen molar-refractivity contribution in [1.82, 2.24) is 0 Å². The molecule has 0 atom stereocenters. The molecule has 0 aromatic heterocycles. The zero-order chi connectivity index (χ0) is 8.53. The molecule has 1 nitrogen and oxygen atoms in total. The zero-order valence-electron chi connectivity index (χ0n) is 7.86. The van der Waals surface area contributed by atoms with Crippen molar-refractivity contribution >= 4 is 5.78 Å². The van der Waals surface area contributed by atoms with Crippen LogP contribution in [-0.4, -0.2) is 5.78 Å². The number of Topliss-reactive ketones (excluding diaryl/α,β-unsaturated/α-hetero) is 1. The van der Waals surface area contributed by atoms with Crippen LogP contribution in [0.1, 0.15) is 58.8 Å². The molecule has 0 aromatic carbocycles. The summed E-state index contributed by atoms with van der Waals surface area (Å²) < 4.78 is 0. The number of hydrogen-bond donors (Lipinski definition) is 0. The van der Waals surface area contributed by atoms with Crippen molar-refractivity contribution < 1.29 is 4.79 Å². The third-order valence-electron chi connectivity index (χ3n) is 1.91. The van der Waals surface area contributed by atoms with Crippen molar-refractivity contribution in [2.24, 2.45) is 0 Å². The first-order valence-electron chi connectivity index (χ1n) is 4.83. The van der Waals surface area contributed by atoms with E-state index in [0.717, 1.165) is 25.7 Å². The number of unbranched alkanes of at least 4 members (excludes halogenated alkanes) is 1. The SMILES string of the molecule is CCCC.O=C1CCCCC1. The Hall–Kier alpha value is -0.330. The fourth-order valence-electron chi connectivity index (χ4n) is 0.946. The molecule has 0 aromatic rings. The van der Waals surface area contributed by atoms with Gasteiger partial charge in [0.25, 0.3) is 0 Å². The van der Waals surface area contributed by atoms with E-state index in [2.05, 4.69) is 13.8 Å². The maximum absolute atomic E-state index is 10.5. The van der Waals surface area contributed by atoms with Crippen LogP contribution < -0.4 is 0 Å². The Bertz CT molecular complexity index is 87.0. The fraction of sp³-hybridized carbons (Fsp3) is 0.900. The number of carbonyl (C=O) groups excluding carboxylic acids is 1. The summed E-state index contributed by atoms with van der Waals surface area (Å²) in [5, 5.41) is 0. The van der Waals surface area contributed by atoms with Crippen LogP contribution in [0.15, 0.2) is 0 Å². The summed E-state index contributed by atoms with van der Waals surface area (Å²) in [7, 11) is 0. The zero-order valence-corrected chi connectivity index (χ0v) is 7.86. The summed E-state index contributed by atoms with van der Waals surface area (Å²) in [5.41, 5.74) is 0. The van der Waals surface area contributed by atoms with Crippen LogP contribution >= 0.6 is 0 Å². The molecule has 0 amide bonds. The Morgan fingerprint density at radius 2 is 1.45 bits per heavy atom. The lowest BCUT2D eigenvalue weighted by Crippen LogP contribution is -2.02. The topological polar surface area (TPSA) is 17.1 Å². The Morgan fingerprint density at radius 3 is 1.64 bits per heavy atom. The lowest BCUT2D eigenvalue weighted by atomic mass is 10.00. The summed E-state index contributed by atoms with van der Waals surface area (Å²) in [5.74, 6) is 0.464. The van der Waals surface area contributed by atoms with Crippen LogP contribution in [0.25, 0.3) is 0 Å². The number of carbonyl (C=O) groups is 1. The van der Waals surface area contributed by atoms with Crippen LogP contribution in [0.3, 0.4) is 0 Å². The minimum Gasteiger partial charge on any atom is -0.300 e. The van der Waals surface area contributed by atoms with Crippen molar-refractivity contribution in [2.45, 2.75) is 58.8 Å². The molecule has 0 spiro atoms. The van der Waals surface area contributed by atoms with Crippen LogP contribution in [0.2, 0.25) is 0 Å². The van der Waals surface area contributed by atoms with Gasteiger partial charge in [-0.15, -0.1) is 0 Å². The second-order valence-electron chi connectivity index (χ2n) is 3.10. The predicted octanol–water partition coefficient (Wildman–Crippen LogP) is 3.33. The third-order valence-corrected chi connectivity index (χ3v) is 1.91. The van der Waals surface area contributed by atoms with Gasteiger partial charge >= 0.3 is 0 Å². The van der Waals surface area contributed by atoms with Crippen molar-refractivity contribution in [3.8, 4) is 0 Å². The maximum atomic E-state index is 10.5. The Kier molecular flexibility index (Phi) is 7.54. The molecule has 0 N–H and O–H groups in total. The van der Waals surface area contributed by atoms with Gasteiger partial charge in [0.15, 0.2) is 0 Å². The van der Waals surface area contributed by atoms with Crippen molar-refractivity contribution in [2.75, 3.05) is 0 Å². The number of ketones is 1. The van der Waals surface area contributed by atoms with E-state index in [1.165, 1.54) is 19.3 Å². The summed E-state index contributed by atoms with van der Waals surface area (Å²) in [6, 6.07) is 0. The van der Waals surface area contributed by atoms with Crippen molar-refractivity contribution in [3.63, 3.8) is 0 Å². The summed E-state index contributed by atoms with van der Waals surface area (Å²) in [6.07, 6.45) is 7.88. The van der Waals surface area contributed by atoms with Gasteiger partial charge in [0, 0.05) is 12.8 Å². The number of rotatable bonds is 1. The van der Waals surface area contributed by atoms with Crippen LogP contribution in [0, 0.1) is 0 Å². The van der Waals surface area contributed by atoms with Gasteiger partial charge in [-0.25, -0.2) is 0 Å². The van der Waals surface area contributed by atoms with E-state index >= 15 is 0 Å². The Labute approximate surface area is 70.2 Å². The normalized spacial score (nSPS) is 17.1. The van der Waals surface area contributed by atoms with Gasteiger partial charge in [0.2, 0.25) is 0 Å². The van der Waals surface area contributed by atoms with E-state index in [1.807, 2.05) is 0 Å². The van der Waals surface area contributed by atoms with Gasteiger partial charge in [0.05, 0.1) is 0 Å². The second kappa shape index (κ2) is 7.77. The summed E-state index contributed by atoms with van der Waals surface area (Å²) in [4.78, 5) is 10.5. The molecule has 66 valence electrons. The largest absolute Gasteiger partial charge is 0.300 e. The van der Waals surface area contributed by atoms with E-state index in [4.69, 9.17) is 0 Å². The first-order chi connectivity index (χ1) is 5.31. The molecule has 0 aliphatic heterocycles. The standard InChI is InChI=1S/C6H10O.C4H10/c7-6-4-2-1-3-5-6;1-3-4-2/h1-5H2;3-4H2,1-2H3. The van der Waals surface area contributed by atoms with E-state index in [9.17, 15) is 4.79 Å². The molecule has 0 radical (unpaired) electrons. The Morgan fingerprint density at radius 1 is 1.00 bits per heavy atom. The van der Waals surface area contributed by atoms with Crippen molar-refractivity contribution in [1.29, 1.82) is 0 Å². The lowest BCUT2D eigenvalue weighted by Gasteiger charge is -2.05. The van der Waals surface area contributed by atoms with E-state index < -0.39 is 0 Å². The first-order valence-corrected chi connectivity index (χ1v) is 4.83. The maximum Gasteiger partial charge on any atom is 0.132 e. The van der Waals surface area contributed by atoms with E-state index in [0.29, 0.717) is 5.78 Å². The quantitative estimate of drug-likeness (QED) is 0.569. The molecule has 1 aliphatic rings. The lowest BCUT2D eigenvalue weighted by molar-refractivity contribution is -0.120. The average molecular weight is 156 g/mol. The van der Waals surface area contributed by atoms with Gasteiger partial charge in [-0.3, -0.25) is 4.79 Å². The van der Waals surface area contributed by atoms with Crippen molar-refractivity contribution in [3.05, 3.63) is 0 Å². The third kappa shape index (κ3) is 7.57. The molecule has 1 heteroatoms. The minimum atomic E-state index is 0.464. The van der Waals surface area contributed by atoms with Crippen LogP contribution in [0.4, 0.5) is 0 Å². The van der Waals surface area contributed by atoms with Crippen LogP contribution in [0.5, 0.6) is 0 Å². The monoisotopic (exact) mass is 156 g/mol. The second-order valence-corrected chi connectivity index (χ2v) is 3.10. The highest BCUT2D eigenvalue weighted by atomic mass is 16.1. The predicted molar refractivity (Wildman–Crippen MR) is 48.7 cm³/mol. The average Bonchev–Trinajstić information content (AvgIpc) is 2.07. The van der Waals surface area contributed by atoms with Crippen LogP contribution in [-0.2, 0) is 4.79 Å². The molecule has 1 saturated carbocycles. The van der Waals surface area contributed by atoms with E-state index in [1.54, 1.807) is 0 Å². The highest BCUT2D eigenvalue weighted by molar-refractivity contribution is 5.78. The smallest absolute Gasteiger partial charge is 0.132 e. The molecule has 11 heavy (non-hydrogen) atoms. The molecule has 0 heterocycles. The molecule has 0 unspecified atom stereocenters. The van der Waals surface area contributed by atoms with Gasteiger partial charge in [-0.05, 0) is 12.8 Å². The van der Waals surface area contributed by atoms with Gasteiger partial charge in [-0.2, -0.15) is 0 Å². The molecule has 0 bridgehead atoms. The Balaban J connectivity index is 0.000000218. The molecule has 0 saturated heterocycles. The van der Waals surface area contributed by atoms with E-state index in [-0.39, 0.29) is 0 Å². The first kappa shape index (κ1) is 10.7. The fourth-order valence-corrected chi connectivity index (χ4v) is 0.946. The van der Waals surface area contributed by atoms with Gasteiger partial charge in [-0.1, -0.05) is 33.1 Å². The highest BCUT2D eigenvalue weighted by Crippen LogP contribution is 2.12. The molecular weight excluding hydrogens is 136 g/mol. The minimum absolute atomic E-state index is 0.464. The summed E-state index contributed by atoms with van der Waals surface area (Å²) >= 11 is 0. The molecule has 1 rings (SSSR count). The molecule has 1 fully saturated rings. The number of hydrogen-bond acceptors (Lipinski definition) is 1. The molecular formula is C10H20O. The summed E-state index contributed by atoms with van der Waals surface area (Å²) in [6.45, 7) is 4.36.